The summed E-state index contributed by atoms with van der Waals surface area (Å²) in [5, 5.41) is 16.5. The second-order valence-corrected chi connectivity index (χ2v) is 7.50. The number of anilines is 2. The first-order valence-corrected chi connectivity index (χ1v) is 10.4. The van der Waals surface area contributed by atoms with E-state index in [4.69, 9.17) is 15.2 Å². The Morgan fingerprint density at radius 1 is 0.900 bits per heavy atom. The predicted molar refractivity (Wildman–Crippen MR) is 123 cm³/mol. The minimum Gasteiger partial charge on any atom is -0.370 e. The number of hydrogen-bond donors (Lipinski definition) is 2. The van der Waals surface area contributed by atoms with Crippen LogP contribution in [0.25, 0.3) is 22.3 Å². The van der Waals surface area contributed by atoms with E-state index in [0.717, 1.165) is 52.1 Å². The Kier molecular flexibility index (Phi) is 6.16. The smallest absolute Gasteiger partial charge is 0.163 e. The van der Waals surface area contributed by atoms with Crippen LogP contribution in [-0.2, 0) is 0 Å². The fourth-order valence-corrected chi connectivity index (χ4v) is 3.51. The van der Waals surface area contributed by atoms with Crippen LogP contribution in [0, 0.1) is 11.3 Å². The summed E-state index contributed by atoms with van der Waals surface area (Å²) in [6, 6.07) is 21.6. The van der Waals surface area contributed by atoms with Crippen molar-refractivity contribution >= 4 is 38.5 Å². The second kappa shape index (κ2) is 9.33. The molecule has 0 amide bonds. The highest BCUT2D eigenvalue weighted by Gasteiger charge is 2.11. The zero-order valence-electron chi connectivity index (χ0n) is 16.1. The molecule has 0 unspecified atom stereocenters. The summed E-state index contributed by atoms with van der Waals surface area (Å²) in [6.45, 7) is 1.51. The highest BCUT2D eigenvalue weighted by atomic mass is 79.9. The molecule has 0 fully saturated rings. The van der Waals surface area contributed by atoms with Gasteiger partial charge in [-0.15, -0.1) is 0 Å². The number of halogens is 1. The molecule has 2 heterocycles. The van der Waals surface area contributed by atoms with E-state index in [2.05, 4.69) is 37.6 Å². The van der Waals surface area contributed by atoms with Crippen molar-refractivity contribution in [1.82, 2.24) is 15.0 Å². The second-order valence-electron chi connectivity index (χ2n) is 6.64. The Morgan fingerprint density at radius 3 is 2.50 bits per heavy atom. The number of rotatable bonds is 7. The van der Waals surface area contributed by atoms with Gasteiger partial charge in [0.2, 0.25) is 0 Å². The normalized spacial score (nSPS) is 10.5. The van der Waals surface area contributed by atoms with Crippen LogP contribution < -0.4 is 10.6 Å². The summed E-state index contributed by atoms with van der Waals surface area (Å²) in [5.74, 6) is 2.27. The maximum Gasteiger partial charge on any atom is 0.163 e. The standard InChI is InChI=1S/C23H19BrN6/c24-19-8-3-1-6-17(19)23-29-20-9-4-2-7-18(20)22(30-23)27-13-5-12-26-21-11-10-16(14-25)15-28-21/h1-4,6-11,15H,5,12-13H2,(H,26,28)(H,27,29,30). The van der Waals surface area contributed by atoms with Crippen molar-refractivity contribution in [3.63, 3.8) is 0 Å². The van der Waals surface area contributed by atoms with Gasteiger partial charge in [-0.3, -0.25) is 0 Å². The Bertz CT molecular complexity index is 1200. The SMILES string of the molecule is N#Cc1ccc(NCCCNc2nc(-c3ccccc3Br)nc3ccccc23)nc1. The van der Waals surface area contributed by atoms with E-state index in [0.29, 0.717) is 11.4 Å². The van der Waals surface area contributed by atoms with Crippen molar-refractivity contribution in [2.45, 2.75) is 6.42 Å². The molecule has 4 rings (SSSR count). The van der Waals surface area contributed by atoms with Crippen LogP contribution in [0.2, 0.25) is 0 Å². The Labute approximate surface area is 183 Å². The van der Waals surface area contributed by atoms with Crippen molar-refractivity contribution in [1.29, 1.82) is 5.26 Å². The van der Waals surface area contributed by atoms with Gasteiger partial charge in [0.25, 0.3) is 0 Å². The lowest BCUT2D eigenvalue weighted by Crippen LogP contribution is -2.11. The number of aromatic nitrogens is 3. The fourth-order valence-electron chi connectivity index (χ4n) is 3.05. The number of fused-ring (bicyclic) bond motifs is 1. The van der Waals surface area contributed by atoms with E-state index >= 15 is 0 Å². The third-order valence-corrected chi connectivity index (χ3v) is 5.25. The average Bonchev–Trinajstić information content (AvgIpc) is 2.79. The first-order valence-electron chi connectivity index (χ1n) is 9.60. The van der Waals surface area contributed by atoms with Crippen molar-refractivity contribution in [3.8, 4) is 17.5 Å². The average molecular weight is 459 g/mol. The van der Waals surface area contributed by atoms with Gasteiger partial charge in [-0.05, 0) is 36.8 Å². The molecule has 4 aromatic rings. The molecule has 0 radical (unpaired) electrons. The predicted octanol–water partition coefficient (Wildman–Crippen LogP) is 5.24. The topological polar surface area (TPSA) is 86.5 Å². The van der Waals surface area contributed by atoms with E-state index in [9.17, 15) is 0 Å². The lowest BCUT2D eigenvalue weighted by atomic mass is 10.2. The van der Waals surface area contributed by atoms with Crippen molar-refractivity contribution in [2.24, 2.45) is 0 Å². The van der Waals surface area contributed by atoms with E-state index in [-0.39, 0.29) is 0 Å². The molecule has 0 spiro atoms. The van der Waals surface area contributed by atoms with Crippen LogP contribution in [0.4, 0.5) is 11.6 Å². The van der Waals surface area contributed by atoms with E-state index in [1.807, 2.05) is 54.6 Å². The molecule has 2 N–H and O–H groups in total. The maximum absolute atomic E-state index is 8.83. The zero-order valence-corrected chi connectivity index (χ0v) is 17.7. The molecule has 0 saturated carbocycles. The third-order valence-electron chi connectivity index (χ3n) is 4.56. The number of nitriles is 1. The van der Waals surface area contributed by atoms with Gasteiger partial charge in [0.05, 0.1) is 11.1 Å². The summed E-state index contributed by atoms with van der Waals surface area (Å²) in [5.41, 5.74) is 2.42. The van der Waals surface area contributed by atoms with E-state index in [1.54, 1.807) is 12.3 Å². The lowest BCUT2D eigenvalue weighted by molar-refractivity contribution is 0.899. The summed E-state index contributed by atoms with van der Waals surface area (Å²) in [4.78, 5) is 13.8. The molecule has 0 aliphatic heterocycles. The highest BCUT2D eigenvalue weighted by Crippen LogP contribution is 2.29. The molecule has 0 saturated heterocycles. The van der Waals surface area contributed by atoms with Gasteiger partial charge >= 0.3 is 0 Å². The number of hydrogen-bond acceptors (Lipinski definition) is 6. The summed E-state index contributed by atoms with van der Waals surface area (Å²) in [6.07, 6.45) is 2.45. The highest BCUT2D eigenvalue weighted by molar-refractivity contribution is 9.10. The van der Waals surface area contributed by atoms with E-state index in [1.165, 1.54) is 0 Å². The fraction of sp³-hybridized carbons (Fsp3) is 0.130. The molecule has 2 aromatic carbocycles. The number of nitrogens with one attached hydrogen (secondary N) is 2. The molecule has 0 aliphatic rings. The molecule has 0 atom stereocenters. The molecule has 6 nitrogen and oxygen atoms in total. The quantitative estimate of drug-likeness (QED) is 0.368. The molecule has 2 aromatic heterocycles. The molecule has 148 valence electrons. The number of para-hydroxylation sites is 1. The summed E-state index contributed by atoms with van der Waals surface area (Å²) < 4.78 is 0.963. The van der Waals surface area contributed by atoms with E-state index < -0.39 is 0 Å². The van der Waals surface area contributed by atoms with Crippen LogP contribution in [0.3, 0.4) is 0 Å². The molecular formula is C23H19BrN6. The third kappa shape index (κ3) is 4.56. The number of benzene rings is 2. The summed E-state index contributed by atoms with van der Waals surface area (Å²) in [7, 11) is 0. The Morgan fingerprint density at radius 2 is 1.70 bits per heavy atom. The lowest BCUT2D eigenvalue weighted by Gasteiger charge is -2.12. The van der Waals surface area contributed by atoms with Crippen molar-refractivity contribution in [2.75, 3.05) is 23.7 Å². The first-order chi connectivity index (χ1) is 14.7. The minimum atomic E-state index is 0.554. The van der Waals surface area contributed by atoms with Crippen molar-refractivity contribution < 1.29 is 0 Å². The molecule has 7 heteroatoms. The monoisotopic (exact) mass is 458 g/mol. The van der Waals surface area contributed by atoms with Gasteiger partial charge in [-0.1, -0.05) is 46.3 Å². The van der Waals surface area contributed by atoms with Crippen LogP contribution >= 0.6 is 15.9 Å². The van der Waals surface area contributed by atoms with Gasteiger partial charge in [-0.2, -0.15) is 5.26 Å². The zero-order chi connectivity index (χ0) is 20.8. The number of pyridine rings is 1. The van der Waals surface area contributed by atoms with Gasteiger partial charge in [0.1, 0.15) is 17.7 Å². The molecule has 0 bridgehead atoms. The van der Waals surface area contributed by atoms with Gasteiger partial charge in [0, 0.05) is 34.7 Å². The van der Waals surface area contributed by atoms with Gasteiger partial charge in [0.15, 0.2) is 5.82 Å². The minimum absolute atomic E-state index is 0.554. The number of nitrogens with zero attached hydrogens (tertiary/aromatic N) is 4. The Hall–Kier alpha value is -3.50. The van der Waals surface area contributed by atoms with Crippen LogP contribution in [0.15, 0.2) is 71.3 Å². The van der Waals surface area contributed by atoms with Crippen molar-refractivity contribution in [3.05, 3.63) is 76.9 Å². The first kappa shape index (κ1) is 19.8. The van der Waals surface area contributed by atoms with Gasteiger partial charge < -0.3 is 10.6 Å². The maximum atomic E-state index is 8.83. The molecular weight excluding hydrogens is 440 g/mol. The van der Waals surface area contributed by atoms with Crippen LogP contribution in [-0.4, -0.2) is 28.0 Å². The summed E-state index contributed by atoms with van der Waals surface area (Å²) >= 11 is 3.59. The Balaban J connectivity index is 1.45. The van der Waals surface area contributed by atoms with Crippen LogP contribution in [0.5, 0.6) is 0 Å². The molecule has 30 heavy (non-hydrogen) atoms. The van der Waals surface area contributed by atoms with Crippen LogP contribution in [0.1, 0.15) is 12.0 Å². The van der Waals surface area contributed by atoms with Gasteiger partial charge in [-0.25, -0.2) is 15.0 Å². The molecule has 0 aliphatic carbocycles. The largest absolute Gasteiger partial charge is 0.370 e.